The van der Waals surface area contributed by atoms with E-state index in [1.165, 1.54) is 0 Å². The predicted molar refractivity (Wildman–Crippen MR) is 128 cm³/mol. The lowest BCUT2D eigenvalue weighted by molar-refractivity contribution is -0.118. The molecule has 0 fully saturated rings. The van der Waals surface area contributed by atoms with Crippen molar-refractivity contribution >= 4 is 29.1 Å². The zero-order chi connectivity index (χ0) is 23.8. The number of nitrogens with zero attached hydrogens (tertiary/aromatic N) is 1. The number of carbonyl (C=O) groups excluding carboxylic acids is 1. The highest BCUT2D eigenvalue weighted by Crippen LogP contribution is 2.47. The molecule has 4 rings (SSSR count). The van der Waals surface area contributed by atoms with E-state index in [1.807, 2.05) is 30.3 Å². The molecule has 3 aromatic rings. The molecule has 1 heterocycles. The third-order valence-electron chi connectivity index (χ3n) is 5.84. The number of hydrogen-bond donors (Lipinski definition) is 2. The fraction of sp³-hybridized carbons (Fsp3) is 0.269. The van der Waals surface area contributed by atoms with Gasteiger partial charge in [-0.1, -0.05) is 59.6 Å². The SMILES string of the molecule is CC(C)(O)c1ccc2c(c1)C(=O)N(Cc1ccc(Cl)cc1)[C@@]2(OCCO)c1ccc(Cl)cc1. The van der Waals surface area contributed by atoms with E-state index in [4.69, 9.17) is 27.9 Å². The van der Waals surface area contributed by atoms with Crippen molar-refractivity contribution in [2.75, 3.05) is 13.2 Å². The van der Waals surface area contributed by atoms with Crippen molar-refractivity contribution in [3.05, 3.63) is 105 Å². The Balaban J connectivity index is 1.93. The summed E-state index contributed by atoms with van der Waals surface area (Å²) in [6.07, 6.45) is 0. The zero-order valence-electron chi connectivity index (χ0n) is 18.4. The largest absolute Gasteiger partial charge is 0.394 e. The van der Waals surface area contributed by atoms with Gasteiger partial charge < -0.3 is 14.9 Å². The number of aliphatic hydroxyl groups is 2. The molecule has 0 radical (unpaired) electrons. The molecule has 1 amide bonds. The smallest absolute Gasteiger partial charge is 0.257 e. The van der Waals surface area contributed by atoms with Gasteiger partial charge in [-0.25, -0.2) is 0 Å². The second-order valence-corrected chi connectivity index (χ2v) is 9.43. The molecule has 0 saturated heterocycles. The molecule has 3 aromatic carbocycles. The molecular weight excluding hydrogens is 461 g/mol. The molecule has 0 unspecified atom stereocenters. The molecule has 1 aliphatic heterocycles. The van der Waals surface area contributed by atoms with Crippen LogP contribution in [-0.2, 0) is 22.6 Å². The number of aliphatic hydroxyl groups excluding tert-OH is 1. The van der Waals surface area contributed by atoms with Crippen LogP contribution < -0.4 is 0 Å². The van der Waals surface area contributed by atoms with Crippen LogP contribution in [0.5, 0.6) is 0 Å². The van der Waals surface area contributed by atoms with Gasteiger partial charge in [0.1, 0.15) is 0 Å². The number of hydrogen-bond acceptors (Lipinski definition) is 4. The van der Waals surface area contributed by atoms with Crippen molar-refractivity contribution in [2.45, 2.75) is 31.7 Å². The molecular formula is C26H25Cl2NO4. The number of benzene rings is 3. The number of rotatable bonds is 7. The lowest BCUT2D eigenvalue weighted by atomic mass is 9.89. The van der Waals surface area contributed by atoms with Gasteiger partial charge in [0.15, 0.2) is 5.72 Å². The maximum absolute atomic E-state index is 13.8. The standard InChI is InChI=1S/C26H25Cl2NO4/c1-25(2,32)19-7-12-23-22(15-19)24(31)29(16-17-3-8-20(27)9-4-17)26(23,33-14-13-30)18-5-10-21(28)11-6-18/h3-12,15,30,32H,13-14,16H2,1-2H3/t26-/m1/s1. The van der Waals surface area contributed by atoms with Gasteiger partial charge in [0.25, 0.3) is 5.91 Å². The van der Waals surface area contributed by atoms with Gasteiger partial charge in [0.05, 0.1) is 18.8 Å². The minimum Gasteiger partial charge on any atom is -0.394 e. The average Bonchev–Trinajstić information content (AvgIpc) is 3.02. The van der Waals surface area contributed by atoms with Crippen molar-refractivity contribution in [3.63, 3.8) is 0 Å². The van der Waals surface area contributed by atoms with E-state index in [-0.39, 0.29) is 25.7 Å². The summed E-state index contributed by atoms with van der Waals surface area (Å²) in [7, 11) is 0. The van der Waals surface area contributed by atoms with Gasteiger partial charge in [-0.05, 0) is 55.3 Å². The first-order chi connectivity index (χ1) is 15.7. The highest BCUT2D eigenvalue weighted by molar-refractivity contribution is 6.30. The monoisotopic (exact) mass is 485 g/mol. The Morgan fingerprint density at radius 1 is 0.970 bits per heavy atom. The number of fused-ring (bicyclic) bond motifs is 1. The van der Waals surface area contributed by atoms with Crippen LogP contribution >= 0.6 is 23.2 Å². The lowest BCUT2D eigenvalue weighted by Crippen LogP contribution is -2.47. The highest BCUT2D eigenvalue weighted by Gasteiger charge is 2.52. The Labute approximate surface area is 203 Å². The van der Waals surface area contributed by atoms with E-state index < -0.39 is 11.3 Å². The van der Waals surface area contributed by atoms with Gasteiger partial charge in [-0.3, -0.25) is 9.69 Å². The number of halogens is 2. The van der Waals surface area contributed by atoms with Crippen LogP contribution in [0.2, 0.25) is 10.0 Å². The summed E-state index contributed by atoms with van der Waals surface area (Å²) < 4.78 is 6.32. The summed E-state index contributed by atoms with van der Waals surface area (Å²) in [6, 6.07) is 19.7. The van der Waals surface area contributed by atoms with Crippen molar-refractivity contribution < 1.29 is 19.7 Å². The average molecular weight is 486 g/mol. The fourth-order valence-electron chi connectivity index (χ4n) is 4.21. The first kappa shape index (κ1) is 23.7. The van der Waals surface area contributed by atoms with Crippen LogP contribution in [-0.4, -0.2) is 34.2 Å². The molecule has 2 N–H and O–H groups in total. The number of ether oxygens (including phenoxy) is 1. The topological polar surface area (TPSA) is 70.0 Å². The van der Waals surface area contributed by atoms with Crippen LogP contribution in [0.4, 0.5) is 0 Å². The molecule has 7 heteroatoms. The highest BCUT2D eigenvalue weighted by atomic mass is 35.5. The molecule has 1 atom stereocenters. The van der Waals surface area contributed by atoms with Crippen molar-refractivity contribution in [3.8, 4) is 0 Å². The summed E-state index contributed by atoms with van der Waals surface area (Å²) in [5.74, 6) is -0.237. The van der Waals surface area contributed by atoms with Gasteiger partial charge >= 0.3 is 0 Å². The van der Waals surface area contributed by atoms with Crippen LogP contribution in [0.3, 0.4) is 0 Å². The Morgan fingerprint density at radius 3 is 2.15 bits per heavy atom. The normalized spacial score (nSPS) is 18.0. The number of carbonyl (C=O) groups is 1. The predicted octanol–water partition coefficient (Wildman–Crippen LogP) is 5.09. The molecule has 1 aliphatic rings. The van der Waals surface area contributed by atoms with E-state index >= 15 is 0 Å². The summed E-state index contributed by atoms with van der Waals surface area (Å²) in [6.45, 7) is 3.40. The van der Waals surface area contributed by atoms with Crippen LogP contribution in [0.1, 0.15) is 46.5 Å². The van der Waals surface area contributed by atoms with E-state index in [2.05, 4.69) is 0 Å². The summed E-state index contributed by atoms with van der Waals surface area (Å²) in [5.41, 5.74) is 0.883. The molecule has 0 bridgehead atoms. The minimum atomic E-state index is -1.28. The van der Waals surface area contributed by atoms with Crippen LogP contribution in [0, 0.1) is 0 Å². The van der Waals surface area contributed by atoms with Crippen molar-refractivity contribution in [2.24, 2.45) is 0 Å². The molecule has 0 aromatic heterocycles. The van der Waals surface area contributed by atoms with E-state index in [1.54, 1.807) is 55.1 Å². The Hall–Kier alpha value is -2.41. The van der Waals surface area contributed by atoms with E-state index in [0.717, 1.165) is 5.56 Å². The molecule has 33 heavy (non-hydrogen) atoms. The van der Waals surface area contributed by atoms with Crippen molar-refractivity contribution in [1.29, 1.82) is 0 Å². The third kappa shape index (κ3) is 4.39. The molecule has 0 spiro atoms. The Bertz CT molecular complexity index is 1160. The quantitative estimate of drug-likeness (QED) is 0.489. The first-order valence-electron chi connectivity index (χ1n) is 10.6. The Kier molecular flexibility index (Phi) is 6.54. The fourth-order valence-corrected chi connectivity index (χ4v) is 4.46. The van der Waals surface area contributed by atoms with E-state index in [0.29, 0.717) is 32.3 Å². The minimum absolute atomic E-state index is 0.0136. The van der Waals surface area contributed by atoms with Gasteiger partial charge in [0, 0.05) is 33.3 Å². The second-order valence-electron chi connectivity index (χ2n) is 8.56. The summed E-state index contributed by atoms with van der Waals surface area (Å²) in [4.78, 5) is 15.5. The van der Waals surface area contributed by atoms with Gasteiger partial charge in [0.2, 0.25) is 0 Å². The van der Waals surface area contributed by atoms with E-state index in [9.17, 15) is 15.0 Å². The number of amides is 1. The molecule has 0 saturated carbocycles. The van der Waals surface area contributed by atoms with Crippen LogP contribution in [0.25, 0.3) is 0 Å². The second kappa shape index (κ2) is 9.09. The van der Waals surface area contributed by atoms with Gasteiger partial charge in [-0.2, -0.15) is 0 Å². The molecule has 0 aliphatic carbocycles. The van der Waals surface area contributed by atoms with Crippen LogP contribution in [0.15, 0.2) is 66.7 Å². The maximum Gasteiger partial charge on any atom is 0.257 e. The molecule has 5 nitrogen and oxygen atoms in total. The first-order valence-corrected chi connectivity index (χ1v) is 11.4. The maximum atomic E-state index is 13.8. The summed E-state index contributed by atoms with van der Waals surface area (Å²) >= 11 is 12.2. The van der Waals surface area contributed by atoms with Gasteiger partial charge in [-0.15, -0.1) is 0 Å². The third-order valence-corrected chi connectivity index (χ3v) is 6.34. The van der Waals surface area contributed by atoms with Crippen molar-refractivity contribution in [1.82, 2.24) is 4.90 Å². The summed E-state index contributed by atoms with van der Waals surface area (Å²) in [5, 5.41) is 21.3. The molecule has 172 valence electrons. The lowest BCUT2D eigenvalue weighted by Gasteiger charge is -2.39. The zero-order valence-corrected chi connectivity index (χ0v) is 19.9. The Morgan fingerprint density at radius 2 is 1.58 bits per heavy atom.